The Morgan fingerprint density at radius 1 is 1.12 bits per heavy atom. The molecule has 5 rings (SSSR count). The Morgan fingerprint density at radius 2 is 1.88 bits per heavy atom. The third kappa shape index (κ3) is 3.09. The summed E-state index contributed by atoms with van der Waals surface area (Å²) >= 11 is 6.31. The second kappa shape index (κ2) is 7.62. The minimum atomic E-state index is 0.0248. The van der Waals surface area contributed by atoms with E-state index in [0.29, 0.717) is 34.9 Å². The first-order valence-corrected chi connectivity index (χ1v) is 12.6. The Kier molecular flexibility index (Phi) is 5.24. The molecule has 172 valence electrons. The summed E-state index contributed by atoms with van der Waals surface area (Å²) < 4.78 is 0. The van der Waals surface area contributed by atoms with Gasteiger partial charge in [-0.2, -0.15) is 0 Å². The molecule has 2 amide bonds. The average Bonchev–Trinajstić information content (AvgIpc) is 3.10. The first-order valence-electron chi connectivity index (χ1n) is 12.2. The number of benzene rings is 1. The summed E-state index contributed by atoms with van der Waals surface area (Å²) in [6.07, 6.45) is 6.97. The van der Waals surface area contributed by atoms with Gasteiger partial charge in [0, 0.05) is 30.5 Å². The summed E-state index contributed by atoms with van der Waals surface area (Å²) in [5, 5.41) is 3.72. The molecule has 4 nitrogen and oxygen atoms in total. The molecule has 32 heavy (non-hydrogen) atoms. The van der Waals surface area contributed by atoms with E-state index in [1.54, 1.807) is 0 Å². The highest BCUT2D eigenvalue weighted by Crippen LogP contribution is 2.66. The lowest BCUT2D eigenvalue weighted by atomic mass is 9.48. The third-order valence-electron chi connectivity index (χ3n) is 9.76. The second-order valence-electron chi connectivity index (χ2n) is 11.2. The van der Waals surface area contributed by atoms with Crippen LogP contribution in [0.2, 0.25) is 5.02 Å². The molecule has 1 heterocycles. The van der Waals surface area contributed by atoms with Crippen molar-refractivity contribution in [2.24, 2.45) is 34.5 Å². The van der Waals surface area contributed by atoms with Crippen molar-refractivity contribution < 1.29 is 9.59 Å². The second-order valence-corrected chi connectivity index (χ2v) is 11.6. The molecule has 0 radical (unpaired) electrons. The van der Waals surface area contributed by atoms with E-state index < -0.39 is 0 Å². The molecule has 4 aliphatic rings. The van der Waals surface area contributed by atoms with Gasteiger partial charge in [0.2, 0.25) is 11.8 Å². The fourth-order valence-corrected chi connectivity index (χ4v) is 8.50. The summed E-state index contributed by atoms with van der Waals surface area (Å²) in [4.78, 5) is 27.8. The molecule has 1 aromatic rings. The predicted molar refractivity (Wildman–Crippen MR) is 128 cm³/mol. The van der Waals surface area contributed by atoms with E-state index in [0.717, 1.165) is 38.5 Å². The zero-order valence-corrected chi connectivity index (χ0v) is 20.5. The van der Waals surface area contributed by atoms with Gasteiger partial charge >= 0.3 is 0 Å². The van der Waals surface area contributed by atoms with Crippen LogP contribution in [-0.4, -0.2) is 23.8 Å². The summed E-state index contributed by atoms with van der Waals surface area (Å²) in [6.45, 7) is 7.01. The number of hydrogen-bond donors (Lipinski definition) is 1. The molecule has 2 unspecified atom stereocenters. The average molecular weight is 455 g/mol. The lowest BCUT2D eigenvalue weighted by Crippen LogP contribution is -2.54. The van der Waals surface area contributed by atoms with Gasteiger partial charge in [0.25, 0.3) is 0 Å². The molecule has 1 saturated heterocycles. The van der Waals surface area contributed by atoms with E-state index in [1.807, 2.05) is 36.2 Å². The van der Waals surface area contributed by atoms with E-state index in [2.05, 4.69) is 26.1 Å². The Hall–Kier alpha value is -1.81. The van der Waals surface area contributed by atoms with E-state index in [4.69, 9.17) is 11.6 Å². The smallest absolute Gasteiger partial charge is 0.228 e. The molecule has 3 aliphatic carbocycles. The number of carbonyl (C=O) groups is 2. The van der Waals surface area contributed by atoms with E-state index in [9.17, 15) is 9.59 Å². The highest BCUT2D eigenvalue weighted by molar-refractivity contribution is 6.33. The van der Waals surface area contributed by atoms with Gasteiger partial charge in [0.1, 0.15) is 0 Å². The van der Waals surface area contributed by atoms with Crippen LogP contribution in [0.15, 0.2) is 35.5 Å². The SMILES string of the molecule is CC1=C2N(C)C(=O)CC[C@]2(C)C2CC[C@]3(C)[C@@H](C(=O)Nc4ccccc4Cl)CC[C@H]3C2C1. The number of piperidine rings is 1. The van der Waals surface area contributed by atoms with Crippen LogP contribution >= 0.6 is 11.6 Å². The number of nitrogens with one attached hydrogen (secondary N) is 1. The number of para-hydroxylation sites is 1. The van der Waals surface area contributed by atoms with Crippen LogP contribution in [0.25, 0.3) is 0 Å². The van der Waals surface area contributed by atoms with Crippen molar-refractivity contribution in [3.63, 3.8) is 0 Å². The number of carbonyl (C=O) groups excluding carboxylic acids is 2. The molecule has 1 N–H and O–H groups in total. The van der Waals surface area contributed by atoms with Gasteiger partial charge in [-0.3, -0.25) is 9.59 Å². The number of halogens is 1. The Labute approximate surface area is 196 Å². The van der Waals surface area contributed by atoms with Crippen LogP contribution in [0.5, 0.6) is 0 Å². The molecular formula is C27H35ClN2O2. The number of likely N-dealkylation sites (tertiary alicyclic amines) is 1. The summed E-state index contributed by atoms with van der Waals surface area (Å²) in [5.41, 5.74) is 3.50. The highest BCUT2D eigenvalue weighted by Gasteiger charge is 2.61. The zero-order chi connectivity index (χ0) is 22.8. The van der Waals surface area contributed by atoms with E-state index in [1.165, 1.54) is 11.3 Å². The van der Waals surface area contributed by atoms with Crippen LogP contribution in [0, 0.1) is 34.5 Å². The zero-order valence-electron chi connectivity index (χ0n) is 19.7. The van der Waals surface area contributed by atoms with Crippen LogP contribution < -0.4 is 5.32 Å². The summed E-state index contributed by atoms with van der Waals surface area (Å²) in [7, 11) is 1.97. The maximum atomic E-state index is 13.4. The van der Waals surface area contributed by atoms with Gasteiger partial charge in [-0.25, -0.2) is 0 Å². The lowest BCUT2D eigenvalue weighted by molar-refractivity contribution is -0.137. The topological polar surface area (TPSA) is 49.4 Å². The van der Waals surface area contributed by atoms with Crippen molar-refractivity contribution in [3.05, 3.63) is 40.6 Å². The van der Waals surface area contributed by atoms with Gasteiger partial charge in [-0.15, -0.1) is 0 Å². The first kappa shape index (κ1) is 22.0. The van der Waals surface area contributed by atoms with Crippen LogP contribution in [0.1, 0.15) is 65.7 Å². The molecule has 6 atom stereocenters. The number of anilines is 1. The monoisotopic (exact) mass is 454 g/mol. The van der Waals surface area contributed by atoms with Gasteiger partial charge in [-0.05, 0) is 80.8 Å². The van der Waals surface area contributed by atoms with Gasteiger partial charge < -0.3 is 10.2 Å². The highest BCUT2D eigenvalue weighted by atomic mass is 35.5. The van der Waals surface area contributed by atoms with Gasteiger partial charge in [-0.1, -0.05) is 43.2 Å². The normalized spacial score (nSPS) is 38.8. The molecular weight excluding hydrogens is 420 g/mol. The molecule has 5 heteroatoms. The molecule has 0 aromatic heterocycles. The number of rotatable bonds is 2. The fourth-order valence-electron chi connectivity index (χ4n) is 8.32. The van der Waals surface area contributed by atoms with E-state index >= 15 is 0 Å². The van der Waals surface area contributed by atoms with Crippen molar-refractivity contribution >= 4 is 29.1 Å². The first-order chi connectivity index (χ1) is 15.2. The van der Waals surface area contributed by atoms with Crippen LogP contribution in [0.4, 0.5) is 5.69 Å². The van der Waals surface area contributed by atoms with Crippen LogP contribution in [0.3, 0.4) is 0 Å². The van der Waals surface area contributed by atoms with Crippen molar-refractivity contribution in [2.45, 2.75) is 65.7 Å². The number of amides is 2. The minimum absolute atomic E-state index is 0.0248. The largest absolute Gasteiger partial charge is 0.325 e. The molecule has 3 fully saturated rings. The quantitative estimate of drug-likeness (QED) is 0.572. The number of fused-ring (bicyclic) bond motifs is 5. The predicted octanol–water partition coefficient (Wildman–Crippen LogP) is 6.27. The molecule has 0 spiro atoms. The lowest BCUT2D eigenvalue weighted by Gasteiger charge is -2.59. The summed E-state index contributed by atoms with van der Waals surface area (Å²) in [5.74, 6) is 2.16. The van der Waals surface area contributed by atoms with Crippen molar-refractivity contribution in [3.8, 4) is 0 Å². The Bertz CT molecular complexity index is 1000. The van der Waals surface area contributed by atoms with Gasteiger partial charge in [0.05, 0.1) is 10.7 Å². The number of nitrogens with zero attached hydrogens (tertiary/aromatic N) is 1. The minimum Gasteiger partial charge on any atom is -0.325 e. The van der Waals surface area contributed by atoms with E-state index in [-0.39, 0.29) is 28.6 Å². The maximum Gasteiger partial charge on any atom is 0.228 e. The molecule has 2 saturated carbocycles. The number of hydrogen-bond acceptors (Lipinski definition) is 2. The van der Waals surface area contributed by atoms with Crippen molar-refractivity contribution in [2.75, 3.05) is 12.4 Å². The Morgan fingerprint density at radius 3 is 2.62 bits per heavy atom. The summed E-state index contributed by atoms with van der Waals surface area (Å²) in [6, 6.07) is 7.50. The Balaban J connectivity index is 1.42. The van der Waals surface area contributed by atoms with Crippen LogP contribution in [-0.2, 0) is 9.59 Å². The number of allylic oxidation sites excluding steroid dienone is 2. The molecule has 1 aromatic carbocycles. The molecule has 1 aliphatic heterocycles. The fraction of sp³-hybridized carbons (Fsp3) is 0.630. The van der Waals surface area contributed by atoms with Gasteiger partial charge in [0.15, 0.2) is 0 Å². The molecule has 0 bridgehead atoms. The standard InChI is InChI=1S/C27H35ClN2O2/c1-16-15-17-18-9-10-20(25(32)29-22-8-6-5-7-21(22)28)26(18,2)13-11-19(17)27(3)14-12-23(31)30(4)24(16)27/h5-8,17-20H,9-15H2,1-4H3,(H,29,32)/t17?,18-,19?,20+,26-,27+/m0/s1. The third-order valence-corrected chi connectivity index (χ3v) is 10.1. The maximum absolute atomic E-state index is 13.4. The van der Waals surface area contributed by atoms with Crippen molar-refractivity contribution in [1.82, 2.24) is 4.90 Å². The van der Waals surface area contributed by atoms with Crippen molar-refractivity contribution in [1.29, 1.82) is 0 Å².